The van der Waals surface area contributed by atoms with Crippen molar-refractivity contribution in [3.8, 4) is 0 Å². The van der Waals surface area contributed by atoms with Gasteiger partial charge in [-0.3, -0.25) is 4.90 Å². The minimum absolute atomic E-state index is 0.666. The van der Waals surface area contributed by atoms with E-state index >= 15 is 0 Å². The molecule has 72 valence electrons. The van der Waals surface area contributed by atoms with E-state index in [1.54, 1.807) is 5.57 Å². The van der Waals surface area contributed by atoms with E-state index in [1.165, 1.54) is 19.5 Å². The van der Waals surface area contributed by atoms with Gasteiger partial charge >= 0.3 is 0 Å². The van der Waals surface area contributed by atoms with E-state index in [-0.39, 0.29) is 0 Å². The van der Waals surface area contributed by atoms with Crippen molar-refractivity contribution in [1.29, 1.82) is 0 Å². The molecule has 1 atom stereocenters. The monoisotopic (exact) mass is 169 g/mol. The molecule has 0 aromatic heterocycles. The largest absolute Gasteiger partial charge is 0.297 e. The lowest BCUT2D eigenvalue weighted by Gasteiger charge is -2.30. The van der Waals surface area contributed by atoms with Gasteiger partial charge in [0.25, 0.3) is 0 Å². The molecule has 1 aliphatic heterocycles. The van der Waals surface area contributed by atoms with Gasteiger partial charge in [0.1, 0.15) is 0 Å². The predicted octanol–water partition coefficient (Wildman–Crippen LogP) is 3.07. The fourth-order valence-corrected chi connectivity index (χ4v) is 1.57. The molecular weight excluding hydrogens is 146 g/mol. The van der Waals surface area contributed by atoms with Gasteiger partial charge in [0.2, 0.25) is 0 Å². The van der Waals surface area contributed by atoms with Gasteiger partial charge in [-0.1, -0.05) is 32.4 Å². The van der Waals surface area contributed by atoms with Crippen molar-refractivity contribution in [2.45, 2.75) is 47.1 Å². The summed E-state index contributed by atoms with van der Waals surface area (Å²) in [6, 6.07) is 0.666. The summed E-state index contributed by atoms with van der Waals surface area (Å²) in [5.74, 6) is 0. The Labute approximate surface area is 77.5 Å². The van der Waals surface area contributed by atoms with Crippen molar-refractivity contribution in [2.75, 3.05) is 13.1 Å². The molecule has 1 aliphatic rings. The van der Waals surface area contributed by atoms with Crippen LogP contribution in [-0.2, 0) is 0 Å². The molecule has 0 N–H and O–H groups in total. The molecule has 0 radical (unpaired) electrons. The zero-order chi connectivity index (χ0) is 9.56. The zero-order valence-corrected chi connectivity index (χ0v) is 9.22. The highest BCUT2D eigenvalue weighted by molar-refractivity contribution is 5.07. The van der Waals surface area contributed by atoms with Crippen LogP contribution >= 0.6 is 0 Å². The van der Waals surface area contributed by atoms with Crippen LogP contribution in [-0.4, -0.2) is 24.0 Å². The Hall–Kier alpha value is -0.300. The van der Waals surface area contributed by atoms with E-state index in [2.05, 4.69) is 31.7 Å². The SMILES string of the molecule is CC.CCN1CCC(C)=C[C@@H]1C. The first-order valence-corrected chi connectivity index (χ1v) is 5.15. The highest BCUT2D eigenvalue weighted by Crippen LogP contribution is 2.14. The zero-order valence-electron chi connectivity index (χ0n) is 9.22. The maximum Gasteiger partial charge on any atom is 0.0252 e. The van der Waals surface area contributed by atoms with Crippen molar-refractivity contribution < 1.29 is 0 Å². The summed E-state index contributed by atoms with van der Waals surface area (Å²) >= 11 is 0. The molecular formula is C11H23N. The van der Waals surface area contributed by atoms with Crippen molar-refractivity contribution in [3.63, 3.8) is 0 Å². The number of hydrogen-bond donors (Lipinski definition) is 0. The average Bonchev–Trinajstić information content (AvgIpc) is 2.08. The predicted molar refractivity (Wildman–Crippen MR) is 56.4 cm³/mol. The van der Waals surface area contributed by atoms with E-state index in [9.17, 15) is 0 Å². The second kappa shape index (κ2) is 6.24. The molecule has 0 unspecified atom stereocenters. The molecule has 1 heterocycles. The van der Waals surface area contributed by atoms with E-state index in [1.807, 2.05) is 13.8 Å². The Bertz CT molecular complexity index is 138. The standard InChI is InChI=1S/C9H17N.C2H6/c1-4-10-6-5-8(2)7-9(10)3;1-2/h7,9H,4-6H2,1-3H3;1-2H3/t9-;/m0./s1. The van der Waals surface area contributed by atoms with Crippen molar-refractivity contribution in [3.05, 3.63) is 11.6 Å². The third-order valence-electron chi connectivity index (χ3n) is 2.30. The summed E-state index contributed by atoms with van der Waals surface area (Å²) in [7, 11) is 0. The lowest BCUT2D eigenvalue weighted by molar-refractivity contribution is 0.244. The maximum atomic E-state index is 2.49. The quantitative estimate of drug-likeness (QED) is 0.545. The smallest absolute Gasteiger partial charge is 0.0252 e. The minimum Gasteiger partial charge on any atom is -0.297 e. The van der Waals surface area contributed by atoms with Gasteiger partial charge in [0.05, 0.1) is 0 Å². The van der Waals surface area contributed by atoms with Crippen molar-refractivity contribution in [2.24, 2.45) is 0 Å². The maximum absolute atomic E-state index is 2.49. The first-order chi connectivity index (χ1) is 5.74. The highest BCUT2D eigenvalue weighted by Gasteiger charge is 2.13. The van der Waals surface area contributed by atoms with Crippen LogP contribution in [0.25, 0.3) is 0 Å². The fourth-order valence-electron chi connectivity index (χ4n) is 1.57. The summed E-state index contributed by atoms with van der Waals surface area (Å²) in [5, 5.41) is 0. The molecule has 0 aliphatic carbocycles. The molecule has 0 spiro atoms. The number of nitrogens with zero attached hydrogens (tertiary/aromatic N) is 1. The molecule has 0 saturated heterocycles. The lowest BCUT2D eigenvalue weighted by atomic mass is 10.1. The van der Waals surface area contributed by atoms with Gasteiger partial charge in [-0.2, -0.15) is 0 Å². The van der Waals surface area contributed by atoms with Gasteiger partial charge < -0.3 is 0 Å². The van der Waals surface area contributed by atoms with Crippen molar-refractivity contribution in [1.82, 2.24) is 4.90 Å². The van der Waals surface area contributed by atoms with Crippen LogP contribution in [0, 0.1) is 0 Å². The molecule has 0 aromatic rings. The van der Waals surface area contributed by atoms with Gasteiger partial charge in [0.15, 0.2) is 0 Å². The summed E-state index contributed by atoms with van der Waals surface area (Å²) < 4.78 is 0. The Morgan fingerprint density at radius 1 is 1.50 bits per heavy atom. The molecule has 0 amide bonds. The minimum atomic E-state index is 0.666. The Balaban J connectivity index is 0.000000561. The molecule has 1 heteroatoms. The second-order valence-electron chi connectivity index (χ2n) is 3.13. The highest BCUT2D eigenvalue weighted by atomic mass is 15.1. The van der Waals surface area contributed by atoms with Crippen LogP contribution < -0.4 is 0 Å². The lowest BCUT2D eigenvalue weighted by Crippen LogP contribution is -2.35. The number of likely N-dealkylation sites (N-methyl/N-ethyl adjacent to an activating group) is 1. The second-order valence-corrected chi connectivity index (χ2v) is 3.13. The Morgan fingerprint density at radius 2 is 2.08 bits per heavy atom. The molecule has 0 bridgehead atoms. The molecule has 0 fully saturated rings. The number of rotatable bonds is 1. The summed E-state index contributed by atoms with van der Waals surface area (Å²) in [4.78, 5) is 2.49. The van der Waals surface area contributed by atoms with E-state index in [0.29, 0.717) is 6.04 Å². The summed E-state index contributed by atoms with van der Waals surface area (Å²) in [6.07, 6.45) is 3.63. The van der Waals surface area contributed by atoms with Gasteiger partial charge in [-0.25, -0.2) is 0 Å². The van der Waals surface area contributed by atoms with Crippen LogP contribution in [0.1, 0.15) is 41.0 Å². The van der Waals surface area contributed by atoms with Crippen LogP contribution in [0.5, 0.6) is 0 Å². The fraction of sp³-hybridized carbons (Fsp3) is 0.818. The average molecular weight is 169 g/mol. The molecule has 0 saturated carbocycles. The Kier molecular flexibility index (Phi) is 6.09. The van der Waals surface area contributed by atoms with E-state index in [4.69, 9.17) is 0 Å². The first kappa shape index (κ1) is 11.7. The Morgan fingerprint density at radius 3 is 2.50 bits per heavy atom. The van der Waals surface area contributed by atoms with E-state index < -0.39 is 0 Å². The summed E-state index contributed by atoms with van der Waals surface area (Å²) in [5.41, 5.74) is 1.55. The van der Waals surface area contributed by atoms with Gasteiger partial charge in [-0.05, 0) is 26.8 Å². The molecule has 12 heavy (non-hydrogen) atoms. The van der Waals surface area contributed by atoms with Crippen molar-refractivity contribution >= 4 is 0 Å². The van der Waals surface area contributed by atoms with E-state index in [0.717, 1.165) is 0 Å². The third-order valence-corrected chi connectivity index (χ3v) is 2.30. The molecule has 1 nitrogen and oxygen atoms in total. The summed E-state index contributed by atoms with van der Waals surface area (Å²) in [6.45, 7) is 13.2. The molecule has 1 rings (SSSR count). The van der Waals surface area contributed by atoms with Crippen LogP contribution in [0.4, 0.5) is 0 Å². The van der Waals surface area contributed by atoms with Gasteiger partial charge in [0, 0.05) is 12.6 Å². The topological polar surface area (TPSA) is 3.24 Å². The van der Waals surface area contributed by atoms with Crippen LogP contribution in [0.3, 0.4) is 0 Å². The normalized spacial score (nSPS) is 24.1. The first-order valence-electron chi connectivity index (χ1n) is 5.15. The van der Waals surface area contributed by atoms with Crippen LogP contribution in [0.15, 0.2) is 11.6 Å². The molecule has 0 aromatic carbocycles. The number of hydrogen-bond acceptors (Lipinski definition) is 1. The third kappa shape index (κ3) is 3.40. The van der Waals surface area contributed by atoms with Gasteiger partial charge in [-0.15, -0.1) is 0 Å². The van der Waals surface area contributed by atoms with Crippen LogP contribution in [0.2, 0.25) is 0 Å².